The third-order valence-corrected chi connectivity index (χ3v) is 2.68. The normalized spacial score (nSPS) is 10.3. The SMILES string of the molecule is Cc1c(Cl)cc(Br)cc1CCN. The summed E-state index contributed by atoms with van der Waals surface area (Å²) in [4.78, 5) is 0. The van der Waals surface area contributed by atoms with E-state index < -0.39 is 0 Å². The van der Waals surface area contributed by atoms with Crippen LogP contribution >= 0.6 is 27.5 Å². The predicted molar refractivity (Wildman–Crippen MR) is 56.6 cm³/mol. The lowest BCUT2D eigenvalue weighted by molar-refractivity contribution is 0.957. The second-order valence-electron chi connectivity index (χ2n) is 2.71. The molecular formula is C9H11BrClN. The first-order chi connectivity index (χ1) is 5.65. The molecule has 0 saturated heterocycles. The van der Waals surface area contributed by atoms with Crippen molar-refractivity contribution in [3.63, 3.8) is 0 Å². The molecule has 0 aromatic heterocycles. The van der Waals surface area contributed by atoms with E-state index in [4.69, 9.17) is 17.3 Å². The first-order valence-electron chi connectivity index (χ1n) is 3.79. The van der Waals surface area contributed by atoms with E-state index in [2.05, 4.69) is 22.0 Å². The van der Waals surface area contributed by atoms with Gasteiger partial charge in [0.25, 0.3) is 0 Å². The molecule has 1 aromatic rings. The molecule has 0 bridgehead atoms. The second kappa shape index (κ2) is 4.26. The van der Waals surface area contributed by atoms with Crippen molar-refractivity contribution in [3.05, 3.63) is 32.8 Å². The van der Waals surface area contributed by atoms with Crippen molar-refractivity contribution < 1.29 is 0 Å². The van der Waals surface area contributed by atoms with Gasteiger partial charge < -0.3 is 5.73 Å². The van der Waals surface area contributed by atoms with Crippen molar-refractivity contribution in [1.29, 1.82) is 0 Å². The second-order valence-corrected chi connectivity index (χ2v) is 4.03. The summed E-state index contributed by atoms with van der Waals surface area (Å²) in [6.07, 6.45) is 0.880. The maximum atomic E-state index is 5.98. The molecule has 0 spiro atoms. The topological polar surface area (TPSA) is 26.0 Å². The van der Waals surface area contributed by atoms with Gasteiger partial charge in [0.15, 0.2) is 0 Å². The molecule has 0 aliphatic heterocycles. The summed E-state index contributed by atoms with van der Waals surface area (Å²) in [5.41, 5.74) is 7.82. The summed E-state index contributed by atoms with van der Waals surface area (Å²) in [5.74, 6) is 0. The van der Waals surface area contributed by atoms with Gasteiger partial charge >= 0.3 is 0 Å². The number of hydrogen-bond donors (Lipinski definition) is 1. The maximum Gasteiger partial charge on any atom is 0.0449 e. The number of rotatable bonds is 2. The van der Waals surface area contributed by atoms with Gasteiger partial charge in [-0.3, -0.25) is 0 Å². The minimum Gasteiger partial charge on any atom is -0.330 e. The molecule has 0 amide bonds. The van der Waals surface area contributed by atoms with Crippen molar-refractivity contribution in [3.8, 4) is 0 Å². The van der Waals surface area contributed by atoms with Crippen LogP contribution in [0.4, 0.5) is 0 Å². The van der Waals surface area contributed by atoms with Crippen molar-refractivity contribution in [1.82, 2.24) is 0 Å². The summed E-state index contributed by atoms with van der Waals surface area (Å²) < 4.78 is 1.02. The highest BCUT2D eigenvalue weighted by Gasteiger charge is 2.03. The molecule has 12 heavy (non-hydrogen) atoms. The Balaban J connectivity index is 3.09. The van der Waals surface area contributed by atoms with Crippen LogP contribution in [0.15, 0.2) is 16.6 Å². The van der Waals surface area contributed by atoms with Gasteiger partial charge in [-0.05, 0) is 43.1 Å². The van der Waals surface area contributed by atoms with Crippen molar-refractivity contribution >= 4 is 27.5 Å². The van der Waals surface area contributed by atoms with Crippen LogP contribution in [0.1, 0.15) is 11.1 Å². The van der Waals surface area contributed by atoms with Crippen LogP contribution in [0, 0.1) is 6.92 Å². The molecule has 0 fully saturated rings. The van der Waals surface area contributed by atoms with E-state index in [1.165, 1.54) is 5.56 Å². The zero-order valence-corrected chi connectivity index (χ0v) is 9.24. The molecule has 1 nitrogen and oxygen atoms in total. The predicted octanol–water partition coefficient (Wildman–Crippen LogP) is 2.91. The molecule has 0 unspecified atom stereocenters. The molecule has 66 valence electrons. The molecule has 0 radical (unpaired) electrons. The van der Waals surface area contributed by atoms with Crippen molar-refractivity contribution in [2.45, 2.75) is 13.3 Å². The number of benzene rings is 1. The van der Waals surface area contributed by atoms with Crippen LogP contribution in [0.25, 0.3) is 0 Å². The summed E-state index contributed by atoms with van der Waals surface area (Å²) in [6.45, 7) is 2.67. The van der Waals surface area contributed by atoms with Gasteiger partial charge in [0, 0.05) is 9.50 Å². The Kier molecular flexibility index (Phi) is 3.56. The van der Waals surface area contributed by atoms with Gasteiger partial charge in [0.2, 0.25) is 0 Å². The van der Waals surface area contributed by atoms with Crippen molar-refractivity contribution in [2.24, 2.45) is 5.73 Å². The van der Waals surface area contributed by atoms with E-state index in [1.54, 1.807) is 0 Å². The third-order valence-electron chi connectivity index (χ3n) is 1.83. The fraction of sp³-hybridized carbons (Fsp3) is 0.333. The lowest BCUT2D eigenvalue weighted by Gasteiger charge is -2.06. The van der Waals surface area contributed by atoms with Crippen LogP contribution in [0.5, 0.6) is 0 Å². The summed E-state index contributed by atoms with van der Waals surface area (Å²) in [5, 5.41) is 0.799. The van der Waals surface area contributed by atoms with E-state index in [0.29, 0.717) is 6.54 Å². The Bertz CT molecular complexity index is 286. The summed E-state index contributed by atoms with van der Waals surface area (Å²) >= 11 is 9.38. The van der Waals surface area contributed by atoms with Crippen molar-refractivity contribution in [2.75, 3.05) is 6.54 Å². The molecule has 2 N–H and O–H groups in total. The van der Waals surface area contributed by atoms with E-state index in [-0.39, 0.29) is 0 Å². The Morgan fingerprint density at radius 3 is 2.75 bits per heavy atom. The Morgan fingerprint density at radius 1 is 1.50 bits per heavy atom. The highest BCUT2D eigenvalue weighted by Crippen LogP contribution is 2.24. The average Bonchev–Trinajstić information content (AvgIpc) is 2.00. The van der Waals surface area contributed by atoms with Gasteiger partial charge in [-0.2, -0.15) is 0 Å². The van der Waals surface area contributed by atoms with Crippen LogP contribution in [-0.4, -0.2) is 6.54 Å². The molecule has 0 saturated carbocycles. The maximum absolute atomic E-state index is 5.98. The molecule has 3 heteroatoms. The molecule has 0 atom stereocenters. The minimum absolute atomic E-state index is 0.660. The number of nitrogens with two attached hydrogens (primary N) is 1. The first kappa shape index (κ1) is 10.0. The van der Waals surface area contributed by atoms with Crippen LogP contribution in [0.3, 0.4) is 0 Å². The minimum atomic E-state index is 0.660. The Labute approximate surface area is 86.0 Å². The fourth-order valence-corrected chi connectivity index (χ4v) is 1.99. The monoisotopic (exact) mass is 247 g/mol. The summed E-state index contributed by atoms with van der Waals surface area (Å²) in [7, 11) is 0. The molecule has 0 aliphatic carbocycles. The number of halogens is 2. The quantitative estimate of drug-likeness (QED) is 0.856. The van der Waals surface area contributed by atoms with E-state index in [9.17, 15) is 0 Å². The smallest absolute Gasteiger partial charge is 0.0449 e. The highest BCUT2D eigenvalue weighted by molar-refractivity contribution is 9.10. The molecule has 1 rings (SSSR count). The zero-order chi connectivity index (χ0) is 9.14. The van der Waals surface area contributed by atoms with Gasteiger partial charge in [-0.15, -0.1) is 0 Å². The molecule has 1 aromatic carbocycles. The van der Waals surface area contributed by atoms with Crippen LogP contribution in [0.2, 0.25) is 5.02 Å². The molecule has 0 heterocycles. The standard InChI is InChI=1S/C9H11BrClN/c1-6-7(2-3-12)4-8(10)5-9(6)11/h4-5H,2-3,12H2,1H3. The van der Waals surface area contributed by atoms with Crippen LogP contribution in [-0.2, 0) is 6.42 Å². The average molecular weight is 249 g/mol. The lowest BCUT2D eigenvalue weighted by atomic mass is 10.1. The zero-order valence-electron chi connectivity index (χ0n) is 6.90. The largest absolute Gasteiger partial charge is 0.330 e. The van der Waals surface area contributed by atoms with Gasteiger partial charge in [0.1, 0.15) is 0 Å². The summed E-state index contributed by atoms with van der Waals surface area (Å²) in [6, 6.07) is 3.96. The van der Waals surface area contributed by atoms with E-state index >= 15 is 0 Å². The van der Waals surface area contributed by atoms with Gasteiger partial charge in [-0.25, -0.2) is 0 Å². The van der Waals surface area contributed by atoms with E-state index in [0.717, 1.165) is 21.5 Å². The first-order valence-corrected chi connectivity index (χ1v) is 4.97. The lowest BCUT2D eigenvalue weighted by Crippen LogP contribution is -2.04. The van der Waals surface area contributed by atoms with Gasteiger partial charge in [0.05, 0.1) is 0 Å². The Hall–Kier alpha value is -0.0500. The molecule has 0 aliphatic rings. The van der Waals surface area contributed by atoms with Crippen LogP contribution < -0.4 is 5.73 Å². The fourth-order valence-electron chi connectivity index (χ4n) is 1.11. The molecular weight excluding hydrogens is 237 g/mol. The Morgan fingerprint density at radius 2 is 2.17 bits per heavy atom. The number of hydrogen-bond acceptors (Lipinski definition) is 1. The van der Waals surface area contributed by atoms with Gasteiger partial charge in [-0.1, -0.05) is 27.5 Å². The highest BCUT2D eigenvalue weighted by atomic mass is 79.9. The third kappa shape index (κ3) is 2.22. The van der Waals surface area contributed by atoms with E-state index in [1.807, 2.05) is 13.0 Å².